The van der Waals surface area contributed by atoms with Crippen LogP contribution in [0.15, 0.2) is 53.5 Å². The predicted octanol–water partition coefficient (Wildman–Crippen LogP) is 3.51. The van der Waals surface area contributed by atoms with Crippen molar-refractivity contribution in [3.8, 4) is 0 Å². The molecule has 1 fully saturated rings. The summed E-state index contributed by atoms with van der Waals surface area (Å²) in [5.41, 5.74) is 5.89. The fourth-order valence-corrected chi connectivity index (χ4v) is 4.08. The molecule has 0 saturated carbocycles. The summed E-state index contributed by atoms with van der Waals surface area (Å²) in [6, 6.07) is 16.6. The molecule has 0 aliphatic carbocycles. The maximum absolute atomic E-state index is 11.9. The Morgan fingerprint density at radius 3 is 2.67 bits per heavy atom. The van der Waals surface area contributed by atoms with Gasteiger partial charge in [0.05, 0.1) is 0 Å². The zero-order valence-electron chi connectivity index (χ0n) is 17.7. The molecule has 1 aromatic heterocycles. The maximum atomic E-state index is 11.9. The van der Waals surface area contributed by atoms with Crippen LogP contribution >= 0.6 is 0 Å². The van der Waals surface area contributed by atoms with E-state index in [1.54, 1.807) is 7.05 Å². The Hall–Kier alpha value is -3.28. The van der Waals surface area contributed by atoms with Crippen molar-refractivity contribution in [1.29, 1.82) is 0 Å². The monoisotopic (exact) mass is 403 g/mol. The Labute approximate surface area is 177 Å². The van der Waals surface area contributed by atoms with Gasteiger partial charge in [-0.05, 0) is 49.1 Å². The van der Waals surface area contributed by atoms with Crippen LogP contribution in [0.3, 0.4) is 0 Å². The van der Waals surface area contributed by atoms with Crippen molar-refractivity contribution in [1.82, 2.24) is 15.6 Å². The topological polar surface area (TPSA) is 72.5 Å². The molecule has 1 amide bonds. The first-order valence-corrected chi connectivity index (χ1v) is 10.6. The number of aromatic nitrogens is 1. The molecule has 0 spiro atoms. The van der Waals surface area contributed by atoms with Gasteiger partial charge in [0.25, 0.3) is 0 Å². The van der Waals surface area contributed by atoms with Crippen LogP contribution < -0.4 is 15.5 Å². The van der Waals surface area contributed by atoms with Crippen LogP contribution in [0.5, 0.6) is 0 Å². The predicted molar refractivity (Wildman–Crippen MR) is 123 cm³/mol. The molecule has 0 bridgehead atoms. The van der Waals surface area contributed by atoms with Gasteiger partial charge in [-0.25, -0.2) is 0 Å². The second-order valence-electron chi connectivity index (χ2n) is 7.69. The normalized spacial score (nSPS) is 14.5. The first-order valence-electron chi connectivity index (χ1n) is 10.6. The number of benzene rings is 2. The molecule has 6 heteroatoms. The molecule has 6 nitrogen and oxygen atoms in total. The highest BCUT2D eigenvalue weighted by molar-refractivity contribution is 5.95. The van der Waals surface area contributed by atoms with E-state index in [1.165, 1.54) is 22.2 Å². The summed E-state index contributed by atoms with van der Waals surface area (Å²) in [4.78, 5) is 21.5. The summed E-state index contributed by atoms with van der Waals surface area (Å²) < 4.78 is 0. The van der Waals surface area contributed by atoms with Gasteiger partial charge in [-0.2, -0.15) is 0 Å². The molecule has 0 unspecified atom stereocenters. The van der Waals surface area contributed by atoms with Crippen LogP contribution in [-0.2, 0) is 17.8 Å². The first kappa shape index (κ1) is 20.0. The summed E-state index contributed by atoms with van der Waals surface area (Å²) >= 11 is 0. The molecule has 1 aliphatic rings. The third kappa shape index (κ3) is 4.32. The number of nitrogens with zero attached hydrogens (tertiary/aromatic N) is 2. The van der Waals surface area contributed by atoms with Gasteiger partial charge in [0.15, 0.2) is 5.96 Å². The van der Waals surface area contributed by atoms with Gasteiger partial charge < -0.3 is 20.5 Å². The quantitative estimate of drug-likeness (QED) is 0.436. The molecule has 3 aromatic rings. The smallest absolute Gasteiger partial charge is 0.227 e. The van der Waals surface area contributed by atoms with Crippen molar-refractivity contribution in [2.24, 2.45) is 4.99 Å². The number of carbonyl (C=O) groups is 1. The number of aromatic amines is 1. The van der Waals surface area contributed by atoms with Crippen LogP contribution in [-0.4, -0.2) is 37.0 Å². The van der Waals surface area contributed by atoms with Gasteiger partial charge in [0.2, 0.25) is 5.91 Å². The van der Waals surface area contributed by atoms with E-state index in [-0.39, 0.29) is 5.91 Å². The number of aliphatic imine (C=N–C) groups is 1. The lowest BCUT2D eigenvalue weighted by Gasteiger charge is -2.16. The summed E-state index contributed by atoms with van der Waals surface area (Å²) in [6.07, 6.45) is 2.53. The third-order valence-electron chi connectivity index (χ3n) is 5.70. The van der Waals surface area contributed by atoms with Crippen molar-refractivity contribution in [3.63, 3.8) is 0 Å². The average molecular weight is 404 g/mol. The number of hydrogen-bond acceptors (Lipinski definition) is 2. The van der Waals surface area contributed by atoms with Crippen molar-refractivity contribution in [2.45, 2.75) is 32.7 Å². The molecule has 0 radical (unpaired) electrons. The number of aryl methyl sites for hydroxylation is 1. The van der Waals surface area contributed by atoms with Gasteiger partial charge in [-0.15, -0.1) is 0 Å². The Morgan fingerprint density at radius 2 is 1.93 bits per heavy atom. The van der Waals surface area contributed by atoms with E-state index < -0.39 is 0 Å². The number of H-pyrrole nitrogens is 1. The number of amides is 1. The Morgan fingerprint density at radius 1 is 1.13 bits per heavy atom. The number of para-hydroxylation sites is 1. The Kier molecular flexibility index (Phi) is 6.02. The van der Waals surface area contributed by atoms with E-state index in [0.29, 0.717) is 13.0 Å². The zero-order valence-corrected chi connectivity index (χ0v) is 17.7. The van der Waals surface area contributed by atoms with Crippen LogP contribution in [0, 0.1) is 6.92 Å². The van der Waals surface area contributed by atoms with Crippen LogP contribution in [0.2, 0.25) is 0 Å². The van der Waals surface area contributed by atoms with Crippen molar-refractivity contribution < 1.29 is 4.79 Å². The molecular formula is C24H29N5O. The molecule has 1 aliphatic heterocycles. The largest absolute Gasteiger partial charge is 0.358 e. The number of nitrogens with one attached hydrogen (secondary N) is 3. The van der Waals surface area contributed by atoms with Gasteiger partial charge in [-0.3, -0.25) is 9.79 Å². The SMILES string of the molecule is CN=C(NCCc1c(C)[nH]c2ccccc12)NCc1ccc(N2CCCC2=O)cc1. The molecule has 0 atom stereocenters. The number of anilines is 1. The first-order chi connectivity index (χ1) is 14.7. The van der Waals surface area contributed by atoms with Crippen LogP contribution in [0.25, 0.3) is 10.9 Å². The van der Waals surface area contributed by atoms with E-state index >= 15 is 0 Å². The highest BCUT2D eigenvalue weighted by Gasteiger charge is 2.21. The van der Waals surface area contributed by atoms with Gasteiger partial charge >= 0.3 is 0 Å². The van der Waals surface area contributed by atoms with Gasteiger partial charge in [-0.1, -0.05) is 30.3 Å². The molecular weight excluding hydrogens is 374 g/mol. The molecule has 3 N–H and O–H groups in total. The summed E-state index contributed by atoms with van der Waals surface area (Å²) in [5, 5.41) is 8.06. The van der Waals surface area contributed by atoms with Crippen molar-refractivity contribution >= 4 is 28.5 Å². The van der Waals surface area contributed by atoms with Gasteiger partial charge in [0.1, 0.15) is 0 Å². The lowest BCUT2D eigenvalue weighted by Crippen LogP contribution is -2.37. The van der Waals surface area contributed by atoms with Crippen molar-refractivity contribution in [2.75, 3.05) is 25.0 Å². The van der Waals surface area contributed by atoms with E-state index in [4.69, 9.17) is 0 Å². The summed E-state index contributed by atoms with van der Waals surface area (Å²) in [5.74, 6) is 1.00. The molecule has 30 heavy (non-hydrogen) atoms. The highest BCUT2D eigenvalue weighted by Crippen LogP contribution is 2.22. The molecule has 1 saturated heterocycles. The minimum Gasteiger partial charge on any atom is -0.358 e. The summed E-state index contributed by atoms with van der Waals surface area (Å²) in [6.45, 7) is 4.43. The van der Waals surface area contributed by atoms with Crippen molar-refractivity contribution in [3.05, 3.63) is 65.4 Å². The number of rotatable bonds is 6. The standard InChI is InChI=1S/C24H29N5O/c1-17-20(21-6-3-4-7-22(21)28-17)13-14-26-24(25-2)27-16-18-9-11-19(12-10-18)29-15-5-8-23(29)30/h3-4,6-7,9-12,28H,5,8,13-16H2,1-2H3,(H2,25,26,27). The second kappa shape index (κ2) is 9.03. The van der Waals surface area contributed by atoms with E-state index in [1.807, 2.05) is 17.0 Å². The summed E-state index contributed by atoms with van der Waals surface area (Å²) in [7, 11) is 1.79. The second-order valence-corrected chi connectivity index (χ2v) is 7.69. The molecule has 4 rings (SSSR count). The van der Waals surface area contributed by atoms with E-state index in [0.717, 1.165) is 43.1 Å². The lowest BCUT2D eigenvalue weighted by atomic mass is 10.1. The number of fused-ring (bicyclic) bond motifs is 1. The maximum Gasteiger partial charge on any atom is 0.227 e. The number of carbonyl (C=O) groups excluding carboxylic acids is 1. The van der Waals surface area contributed by atoms with Crippen LogP contribution in [0.1, 0.15) is 29.7 Å². The minimum absolute atomic E-state index is 0.218. The molecule has 2 aromatic carbocycles. The Balaban J connectivity index is 1.29. The molecule has 156 valence electrons. The van der Waals surface area contributed by atoms with Crippen LogP contribution in [0.4, 0.5) is 5.69 Å². The minimum atomic E-state index is 0.218. The molecule has 2 heterocycles. The fraction of sp³-hybridized carbons (Fsp3) is 0.333. The number of hydrogen-bond donors (Lipinski definition) is 3. The third-order valence-corrected chi connectivity index (χ3v) is 5.70. The highest BCUT2D eigenvalue weighted by atomic mass is 16.2. The van der Waals surface area contributed by atoms with E-state index in [9.17, 15) is 4.79 Å². The zero-order chi connectivity index (χ0) is 20.9. The Bertz CT molecular complexity index is 1050. The van der Waals surface area contributed by atoms with Gasteiger partial charge in [0, 0.05) is 55.4 Å². The number of guanidine groups is 1. The lowest BCUT2D eigenvalue weighted by molar-refractivity contribution is -0.117. The van der Waals surface area contributed by atoms with E-state index in [2.05, 4.69) is 63.9 Å². The average Bonchev–Trinajstić information content (AvgIpc) is 3.33. The fourth-order valence-electron chi connectivity index (χ4n) is 4.08.